The number of nitrogens with zero attached hydrogens (tertiary/aromatic N) is 3. The fourth-order valence-corrected chi connectivity index (χ4v) is 4.43. The topological polar surface area (TPSA) is 74.9 Å². The summed E-state index contributed by atoms with van der Waals surface area (Å²) in [5.74, 6) is -11.5. The second-order valence-electron chi connectivity index (χ2n) is 7.87. The first kappa shape index (κ1) is 27.1. The number of benzene rings is 3. The van der Waals surface area contributed by atoms with Crippen LogP contribution in [0.1, 0.15) is 23.6 Å². The van der Waals surface area contributed by atoms with Gasteiger partial charge >= 0.3 is 0 Å². The maximum Gasteiger partial charge on any atom is 0.280 e. The number of hydrogen-bond acceptors (Lipinski definition) is 5. The molecule has 12 heteroatoms. The number of nitriles is 1. The van der Waals surface area contributed by atoms with Gasteiger partial charge in [-0.2, -0.15) is 15.4 Å². The van der Waals surface area contributed by atoms with Gasteiger partial charge < -0.3 is 9.47 Å². The van der Waals surface area contributed by atoms with E-state index < -0.39 is 40.7 Å². The molecule has 194 valence electrons. The fraction of sp³-hybridized carbons (Fsp3) is 0.115. The van der Waals surface area contributed by atoms with Gasteiger partial charge in [-0.3, -0.25) is 4.79 Å². The van der Waals surface area contributed by atoms with Crippen molar-refractivity contribution in [2.75, 3.05) is 12.1 Å². The number of carbonyl (C=O) groups is 1. The molecule has 0 fully saturated rings. The van der Waals surface area contributed by atoms with Crippen molar-refractivity contribution >= 4 is 46.0 Å². The van der Waals surface area contributed by atoms with Crippen LogP contribution in [0.15, 0.2) is 47.1 Å². The molecule has 6 nitrogen and oxygen atoms in total. The molecule has 0 saturated heterocycles. The Balaban J connectivity index is 1.67. The predicted octanol–water partition coefficient (Wildman–Crippen LogP) is 6.25. The molecule has 0 aliphatic carbocycles. The molecule has 4 rings (SSSR count). The summed E-state index contributed by atoms with van der Waals surface area (Å²) in [4.78, 5) is 12.9. The van der Waals surface area contributed by atoms with Gasteiger partial charge in [-0.05, 0) is 59.4 Å². The summed E-state index contributed by atoms with van der Waals surface area (Å²) in [5, 5.41) is 13.1. The van der Waals surface area contributed by atoms with Crippen molar-refractivity contribution < 1.29 is 36.2 Å². The van der Waals surface area contributed by atoms with Crippen molar-refractivity contribution in [1.29, 1.82) is 5.26 Å². The van der Waals surface area contributed by atoms with Crippen LogP contribution in [0.2, 0.25) is 0 Å². The van der Waals surface area contributed by atoms with Gasteiger partial charge in [-0.15, -0.1) is 0 Å². The standard InChI is InChI=1S/C26H15F5IN3O3/c1-12-16(26(36)35(34-12)24-22(30)20(28)19(27)21(29)23(24)31)7-13-8-17(32)25(18(9-13)37-2)38-11-15-6-4-3-5-14(15)10-33/h3-9H,11H2,1-2H3/b16-7+. The van der Waals surface area contributed by atoms with Crippen LogP contribution in [0.4, 0.5) is 27.6 Å². The zero-order valence-electron chi connectivity index (χ0n) is 19.6. The number of methoxy groups -OCH3 is 1. The first-order chi connectivity index (χ1) is 18.1. The van der Waals surface area contributed by atoms with E-state index >= 15 is 0 Å². The van der Waals surface area contributed by atoms with E-state index in [0.717, 1.165) is 0 Å². The summed E-state index contributed by atoms with van der Waals surface area (Å²) in [6, 6.07) is 12.2. The number of amides is 1. The molecule has 0 radical (unpaired) electrons. The Kier molecular flexibility index (Phi) is 7.68. The third kappa shape index (κ3) is 4.81. The molecule has 0 aromatic heterocycles. The van der Waals surface area contributed by atoms with Crippen LogP contribution in [-0.2, 0) is 11.4 Å². The van der Waals surface area contributed by atoms with Gasteiger partial charge in [0.2, 0.25) is 5.82 Å². The van der Waals surface area contributed by atoms with E-state index in [1.807, 2.05) is 22.6 Å². The SMILES string of the molecule is COc1cc(/C=C2/C(=O)N(c3c(F)c(F)c(F)c(F)c3F)N=C2C)cc(I)c1OCc1ccccc1C#N. The molecule has 0 atom stereocenters. The summed E-state index contributed by atoms with van der Waals surface area (Å²) < 4.78 is 81.3. The van der Waals surface area contributed by atoms with Gasteiger partial charge in [0.15, 0.2) is 34.8 Å². The normalized spacial score (nSPS) is 14.1. The molecule has 1 aliphatic heterocycles. The average molecular weight is 639 g/mol. The highest BCUT2D eigenvalue weighted by atomic mass is 127. The lowest BCUT2D eigenvalue weighted by molar-refractivity contribution is -0.114. The molecule has 0 saturated carbocycles. The molecule has 3 aromatic carbocycles. The van der Waals surface area contributed by atoms with Crippen molar-refractivity contribution in [2.24, 2.45) is 5.10 Å². The lowest BCUT2D eigenvalue weighted by Gasteiger charge is -2.15. The quantitative estimate of drug-likeness (QED) is 0.105. The van der Waals surface area contributed by atoms with Crippen molar-refractivity contribution in [3.05, 3.63) is 91.3 Å². The van der Waals surface area contributed by atoms with Gasteiger partial charge in [0.1, 0.15) is 12.3 Å². The molecular weight excluding hydrogens is 624 g/mol. The van der Waals surface area contributed by atoms with Crippen molar-refractivity contribution in [3.8, 4) is 17.6 Å². The lowest BCUT2D eigenvalue weighted by Crippen LogP contribution is -2.25. The van der Waals surface area contributed by atoms with Gasteiger partial charge in [0.25, 0.3) is 5.91 Å². The smallest absolute Gasteiger partial charge is 0.280 e. The van der Waals surface area contributed by atoms with Crippen LogP contribution in [0, 0.1) is 44.0 Å². The predicted molar refractivity (Wildman–Crippen MR) is 136 cm³/mol. The highest BCUT2D eigenvalue weighted by Crippen LogP contribution is 2.37. The van der Waals surface area contributed by atoms with Gasteiger partial charge in [0, 0.05) is 5.56 Å². The van der Waals surface area contributed by atoms with Crippen molar-refractivity contribution in [3.63, 3.8) is 0 Å². The molecule has 3 aromatic rings. The first-order valence-electron chi connectivity index (χ1n) is 10.7. The molecular formula is C26H15F5IN3O3. The molecule has 1 aliphatic rings. The highest BCUT2D eigenvalue weighted by molar-refractivity contribution is 14.1. The number of ether oxygens (including phenoxy) is 2. The second-order valence-corrected chi connectivity index (χ2v) is 9.03. The second kappa shape index (κ2) is 10.8. The first-order valence-corrected chi connectivity index (χ1v) is 11.8. The van der Waals surface area contributed by atoms with E-state index in [0.29, 0.717) is 26.0 Å². The summed E-state index contributed by atoms with van der Waals surface area (Å²) in [7, 11) is 1.40. The molecule has 38 heavy (non-hydrogen) atoms. The minimum atomic E-state index is -2.34. The Morgan fingerprint density at radius 1 is 1.05 bits per heavy atom. The number of hydrazone groups is 1. The monoisotopic (exact) mass is 639 g/mol. The Labute approximate surface area is 226 Å². The number of hydrogen-bond donors (Lipinski definition) is 0. The Morgan fingerprint density at radius 2 is 1.68 bits per heavy atom. The Morgan fingerprint density at radius 3 is 2.32 bits per heavy atom. The number of rotatable bonds is 6. The van der Waals surface area contributed by atoms with Crippen molar-refractivity contribution in [2.45, 2.75) is 13.5 Å². The maximum atomic E-state index is 14.3. The molecule has 1 amide bonds. The van der Waals surface area contributed by atoms with E-state index in [-0.39, 0.29) is 28.7 Å². The zero-order chi connectivity index (χ0) is 27.7. The van der Waals surface area contributed by atoms with E-state index in [9.17, 15) is 32.0 Å². The summed E-state index contributed by atoms with van der Waals surface area (Å²) >= 11 is 1.98. The van der Waals surface area contributed by atoms with Crippen LogP contribution >= 0.6 is 22.6 Å². The van der Waals surface area contributed by atoms with Crippen LogP contribution in [0.25, 0.3) is 6.08 Å². The van der Waals surface area contributed by atoms with Gasteiger partial charge in [-0.1, -0.05) is 18.2 Å². The zero-order valence-corrected chi connectivity index (χ0v) is 21.7. The van der Waals surface area contributed by atoms with Gasteiger partial charge in [0.05, 0.1) is 33.6 Å². The van der Waals surface area contributed by atoms with E-state index in [2.05, 4.69) is 11.2 Å². The summed E-state index contributed by atoms with van der Waals surface area (Å²) in [6.45, 7) is 1.43. The molecule has 0 unspecified atom stereocenters. The number of halogens is 6. The lowest BCUT2D eigenvalue weighted by atomic mass is 10.1. The summed E-state index contributed by atoms with van der Waals surface area (Å²) in [6.07, 6.45) is 1.34. The third-order valence-electron chi connectivity index (χ3n) is 5.53. The van der Waals surface area contributed by atoms with Crippen LogP contribution in [0.3, 0.4) is 0 Å². The molecule has 0 N–H and O–H groups in total. The Bertz CT molecular complexity index is 1550. The molecule has 1 heterocycles. The van der Waals surface area contributed by atoms with Crippen LogP contribution in [0.5, 0.6) is 11.5 Å². The average Bonchev–Trinajstić information content (AvgIpc) is 3.18. The maximum absolute atomic E-state index is 14.3. The van der Waals surface area contributed by atoms with E-state index in [4.69, 9.17) is 9.47 Å². The minimum Gasteiger partial charge on any atom is -0.493 e. The van der Waals surface area contributed by atoms with E-state index in [1.165, 1.54) is 26.2 Å². The Hall–Kier alpha value is -3.99. The third-order valence-corrected chi connectivity index (χ3v) is 6.33. The van der Waals surface area contributed by atoms with E-state index in [1.54, 1.807) is 30.3 Å². The largest absolute Gasteiger partial charge is 0.493 e. The van der Waals surface area contributed by atoms with Crippen molar-refractivity contribution in [1.82, 2.24) is 0 Å². The number of anilines is 1. The minimum absolute atomic E-state index is 0.0126. The fourth-order valence-electron chi connectivity index (χ4n) is 3.65. The molecule has 0 spiro atoms. The van der Waals surface area contributed by atoms with Crippen LogP contribution < -0.4 is 14.5 Å². The molecule has 0 bridgehead atoms. The summed E-state index contributed by atoms with van der Waals surface area (Å²) in [5.41, 5.74) is -0.0907. The van der Waals surface area contributed by atoms with Crippen LogP contribution in [-0.4, -0.2) is 18.7 Å². The van der Waals surface area contributed by atoms with Gasteiger partial charge in [-0.25, -0.2) is 22.0 Å². The highest BCUT2D eigenvalue weighted by Gasteiger charge is 2.37. The number of carbonyl (C=O) groups excluding carboxylic acids is 1.